The van der Waals surface area contributed by atoms with E-state index in [1.807, 2.05) is 0 Å². The molecule has 0 N–H and O–H groups in total. The molecule has 0 saturated heterocycles. The van der Waals surface area contributed by atoms with Crippen LogP contribution in [0.1, 0.15) is 17.5 Å². The maximum atomic E-state index is 5.59. The summed E-state index contributed by atoms with van der Waals surface area (Å²) in [6.45, 7) is 0. The van der Waals surface area contributed by atoms with Crippen molar-refractivity contribution in [2.24, 2.45) is 0 Å². The van der Waals surface area contributed by atoms with Gasteiger partial charge in [0.05, 0.1) is 0 Å². The van der Waals surface area contributed by atoms with Crippen molar-refractivity contribution in [2.75, 3.05) is 0 Å². The van der Waals surface area contributed by atoms with Gasteiger partial charge in [-0.05, 0) is 40.8 Å². The fourth-order valence-electron chi connectivity index (χ4n) is 3.31. The molecule has 5 aliphatic rings. The number of benzene rings is 1. The third-order valence-electron chi connectivity index (χ3n) is 3.90. The van der Waals surface area contributed by atoms with Gasteiger partial charge in [0, 0.05) is 11.1 Å². The highest BCUT2D eigenvalue weighted by Gasteiger charge is 2.38. The molecule has 0 unspecified atom stereocenters. The van der Waals surface area contributed by atoms with E-state index < -0.39 is 0 Å². The Balaban J connectivity index is 2.27. The Morgan fingerprint density at radius 3 is 2.00 bits per heavy atom. The average Bonchev–Trinajstić information content (AvgIpc) is 2.81. The predicted octanol–water partition coefficient (Wildman–Crippen LogP) is 1.17. The largest absolute Gasteiger partial charge is 0.449 e. The van der Waals surface area contributed by atoms with Crippen molar-refractivity contribution in [2.45, 2.75) is 19.3 Å². The zero-order valence-corrected chi connectivity index (χ0v) is 7.68. The topological polar surface area (TPSA) is 12.5 Å². The maximum Gasteiger partial charge on any atom is 0.174 e. The van der Waals surface area contributed by atoms with E-state index in [2.05, 4.69) is 12.2 Å². The van der Waals surface area contributed by atoms with Crippen LogP contribution in [-0.2, 0) is 12.8 Å². The molecular formula is C13H8O. The van der Waals surface area contributed by atoms with Crippen LogP contribution in [0.25, 0.3) is 11.1 Å². The lowest BCUT2D eigenvalue weighted by atomic mass is 9.90. The molecule has 6 rings (SSSR count). The lowest BCUT2D eigenvalue weighted by Crippen LogP contribution is -2.35. The number of hydrogen-bond acceptors (Lipinski definition) is 1. The Hall–Kier alpha value is -1.50. The molecule has 0 amide bonds. The smallest absolute Gasteiger partial charge is 0.174 e. The van der Waals surface area contributed by atoms with Crippen molar-refractivity contribution in [3.63, 3.8) is 0 Å². The highest BCUT2D eigenvalue weighted by Crippen LogP contribution is 2.52. The molecule has 0 saturated carbocycles. The molecule has 0 radical (unpaired) electrons. The first kappa shape index (κ1) is 6.07. The van der Waals surface area contributed by atoms with Crippen LogP contribution in [-0.4, -0.2) is 0 Å². The Bertz CT molecular complexity index is 617. The summed E-state index contributed by atoms with van der Waals surface area (Å²) in [6, 6.07) is 0. The summed E-state index contributed by atoms with van der Waals surface area (Å²) < 4.78 is 5.59. The summed E-state index contributed by atoms with van der Waals surface area (Å²) >= 11 is 0. The van der Waals surface area contributed by atoms with Gasteiger partial charge in [0.15, 0.2) is 11.5 Å². The van der Waals surface area contributed by atoms with E-state index in [1.54, 1.807) is 10.4 Å². The van der Waals surface area contributed by atoms with Gasteiger partial charge in [-0.3, -0.25) is 0 Å². The zero-order valence-electron chi connectivity index (χ0n) is 7.68. The van der Waals surface area contributed by atoms with E-state index >= 15 is 0 Å². The minimum absolute atomic E-state index is 1.18. The highest BCUT2D eigenvalue weighted by molar-refractivity contribution is 5.89. The standard InChI is InChI=1S/C13H8O/c1-2-7-5-6(1)10-8-3-4-9(11(7)10)13-12(8)14-13/h1-2H,3-5H2. The molecule has 1 aliphatic heterocycles. The van der Waals surface area contributed by atoms with Gasteiger partial charge in [0.25, 0.3) is 0 Å². The summed E-state index contributed by atoms with van der Waals surface area (Å²) in [4.78, 5) is 0. The van der Waals surface area contributed by atoms with Gasteiger partial charge in [-0.25, -0.2) is 0 Å². The van der Waals surface area contributed by atoms with E-state index in [0.29, 0.717) is 0 Å². The molecule has 0 aromatic heterocycles. The monoisotopic (exact) mass is 180 g/mol. The summed E-state index contributed by atoms with van der Waals surface area (Å²) in [5.41, 5.74) is 6.06. The molecule has 66 valence electrons. The van der Waals surface area contributed by atoms with Crippen LogP contribution in [0.5, 0.6) is 11.5 Å². The van der Waals surface area contributed by atoms with Gasteiger partial charge in [0.1, 0.15) is 0 Å². The third kappa shape index (κ3) is 0.438. The lowest BCUT2D eigenvalue weighted by molar-refractivity contribution is 0.646. The van der Waals surface area contributed by atoms with Gasteiger partial charge in [-0.2, -0.15) is 0 Å². The summed E-state index contributed by atoms with van der Waals surface area (Å²) in [5.74, 6) is 2.44. The first-order valence-corrected chi connectivity index (χ1v) is 5.23. The van der Waals surface area contributed by atoms with E-state index in [-0.39, 0.29) is 0 Å². The fraction of sp³-hybridized carbons (Fsp3) is 0.231. The van der Waals surface area contributed by atoms with Crippen molar-refractivity contribution < 1.29 is 4.74 Å². The van der Waals surface area contributed by atoms with Crippen LogP contribution < -0.4 is 15.2 Å². The second-order valence-corrected chi connectivity index (χ2v) is 4.53. The predicted molar refractivity (Wildman–Crippen MR) is 53.7 cm³/mol. The molecule has 1 nitrogen and oxygen atoms in total. The fourth-order valence-corrected chi connectivity index (χ4v) is 3.31. The van der Waals surface area contributed by atoms with E-state index in [9.17, 15) is 0 Å². The van der Waals surface area contributed by atoms with Gasteiger partial charge in [0.2, 0.25) is 0 Å². The van der Waals surface area contributed by atoms with Crippen molar-refractivity contribution in [3.05, 3.63) is 33.7 Å². The van der Waals surface area contributed by atoms with Crippen molar-refractivity contribution >= 4 is 11.1 Å². The van der Waals surface area contributed by atoms with Crippen molar-refractivity contribution in [1.82, 2.24) is 0 Å². The second kappa shape index (κ2) is 1.56. The van der Waals surface area contributed by atoms with Crippen LogP contribution in [0, 0.1) is 0 Å². The molecule has 14 heavy (non-hydrogen) atoms. The van der Waals surface area contributed by atoms with Crippen LogP contribution in [0.3, 0.4) is 0 Å². The Kier molecular flexibility index (Phi) is 0.677. The lowest BCUT2D eigenvalue weighted by Gasteiger charge is -2.10. The molecule has 4 aliphatic carbocycles. The summed E-state index contributed by atoms with van der Waals surface area (Å²) in [5, 5.41) is 3.08. The maximum absolute atomic E-state index is 5.59. The second-order valence-electron chi connectivity index (χ2n) is 4.53. The summed E-state index contributed by atoms with van der Waals surface area (Å²) in [6.07, 6.45) is 8.16. The number of rotatable bonds is 0. The quantitative estimate of drug-likeness (QED) is 0.554. The van der Waals surface area contributed by atoms with E-state index in [4.69, 9.17) is 4.74 Å². The van der Waals surface area contributed by atoms with Crippen LogP contribution >= 0.6 is 0 Å². The Morgan fingerprint density at radius 1 is 0.857 bits per heavy atom. The van der Waals surface area contributed by atoms with Crippen LogP contribution in [0.2, 0.25) is 0 Å². The van der Waals surface area contributed by atoms with Crippen LogP contribution in [0.15, 0.2) is 12.2 Å². The van der Waals surface area contributed by atoms with Gasteiger partial charge < -0.3 is 4.74 Å². The van der Waals surface area contributed by atoms with Gasteiger partial charge in [-0.15, -0.1) is 0 Å². The molecule has 0 atom stereocenters. The third-order valence-corrected chi connectivity index (χ3v) is 3.90. The normalized spacial score (nSPS) is 21.4. The van der Waals surface area contributed by atoms with Gasteiger partial charge in [-0.1, -0.05) is 12.2 Å². The number of ether oxygens (including phenoxy) is 1. The Morgan fingerprint density at radius 2 is 1.43 bits per heavy atom. The molecule has 0 spiro atoms. The van der Waals surface area contributed by atoms with Crippen LogP contribution in [0.4, 0.5) is 0 Å². The molecule has 1 heterocycles. The zero-order chi connectivity index (χ0) is 8.86. The molecule has 1 aromatic rings. The number of fused-ring (bicyclic) bond motifs is 3. The molecule has 1 heteroatoms. The molecule has 0 fully saturated rings. The molecule has 1 aromatic carbocycles. The highest BCUT2D eigenvalue weighted by atomic mass is 16.6. The average molecular weight is 180 g/mol. The van der Waals surface area contributed by atoms with Gasteiger partial charge >= 0.3 is 0 Å². The Labute approximate surface area is 81.0 Å². The van der Waals surface area contributed by atoms with Crippen molar-refractivity contribution in [3.8, 4) is 11.5 Å². The minimum atomic E-state index is 1.18. The van der Waals surface area contributed by atoms with E-state index in [0.717, 1.165) is 0 Å². The number of hydrogen-bond donors (Lipinski definition) is 0. The first-order valence-electron chi connectivity index (χ1n) is 5.23. The minimum Gasteiger partial charge on any atom is -0.449 e. The molecular weight excluding hydrogens is 172 g/mol. The first-order chi connectivity index (χ1) is 6.93. The summed E-state index contributed by atoms with van der Waals surface area (Å²) in [7, 11) is 0. The molecule has 4 bridgehead atoms. The van der Waals surface area contributed by atoms with Crippen molar-refractivity contribution in [1.29, 1.82) is 0 Å². The number of allylic oxidation sites excluding steroid dienone is 2. The van der Waals surface area contributed by atoms with E-state index in [1.165, 1.54) is 53.0 Å². The SMILES string of the molecule is C1=CC2=c3c4c5c(c(c3=C1C2)CC4)O5.